The van der Waals surface area contributed by atoms with Gasteiger partial charge in [0.1, 0.15) is 5.75 Å². The molecule has 0 aromatic heterocycles. The second-order valence-electron chi connectivity index (χ2n) is 7.47. The van der Waals surface area contributed by atoms with Gasteiger partial charge in [0.2, 0.25) is 0 Å². The van der Waals surface area contributed by atoms with Crippen molar-refractivity contribution < 1.29 is 14.6 Å². The number of urea groups is 1. The van der Waals surface area contributed by atoms with Crippen LogP contribution in [0, 0.1) is 0 Å². The molecule has 134 valence electrons. The number of carbonyl (C=O) groups is 1. The van der Waals surface area contributed by atoms with Crippen LogP contribution in [-0.4, -0.2) is 42.3 Å². The van der Waals surface area contributed by atoms with Crippen molar-refractivity contribution in [1.29, 1.82) is 0 Å². The Morgan fingerprint density at radius 2 is 2.08 bits per heavy atom. The van der Waals surface area contributed by atoms with Crippen molar-refractivity contribution in [2.75, 3.05) is 25.6 Å². The molecule has 0 bridgehead atoms. The zero-order valence-electron chi connectivity index (χ0n) is 15.3. The highest BCUT2D eigenvalue weighted by atomic mass is 16.5. The average molecular weight is 334 g/mol. The number of hydrogen-bond donors (Lipinski definition) is 2. The molecule has 5 heteroatoms. The molecule has 1 atom stereocenters. The number of carbonyl (C=O) groups excluding carboxylic acids is 1. The van der Waals surface area contributed by atoms with Crippen molar-refractivity contribution in [2.24, 2.45) is 0 Å². The highest BCUT2D eigenvalue weighted by Crippen LogP contribution is 2.32. The molecule has 5 nitrogen and oxygen atoms in total. The molecule has 0 aliphatic carbocycles. The lowest BCUT2D eigenvalue weighted by molar-refractivity contribution is 0.142. The van der Waals surface area contributed by atoms with Crippen LogP contribution in [0.4, 0.5) is 10.5 Å². The summed E-state index contributed by atoms with van der Waals surface area (Å²) < 4.78 is 5.40. The Balaban J connectivity index is 2.23. The number of amides is 2. The fourth-order valence-corrected chi connectivity index (χ4v) is 3.09. The second kappa shape index (κ2) is 7.88. The minimum absolute atomic E-state index is 0.00653. The van der Waals surface area contributed by atoms with Gasteiger partial charge in [0.05, 0.1) is 25.4 Å². The number of nitrogens with one attached hydrogen (secondary N) is 1. The molecule has 1 saturated heterocycles. The van der Waals surface area contributed by atoms with E-state index in [1.807, 2.05) is 18.2 Å². The molecule has 1 aliphatic rings. The Morgan fingerprint density at radius 3 is 2.71 bits per heavy atom. The van der Waals surface area contributed by atoms with Gasteiger partial charge < -0.3 is 20.1 Å². The van der Waals surface area contributed by atoms with E-state index in [1.165, 1.54) is 0 Å². The van der Waals surface area contributed by atoms with E-state index >= 15 is 0 Å². The Bertz CT molecular complexity index is 566. The van der Waals surface area contributed by atoms with Crippen LogP contribution in [0.15, 0.2) is 18.2 Å². The van der Waals surface area contributed by atoms with Gasteiger partial charge in [0.15, 0.2) is 0 Å². The van der Waals surface area contributed by atoms with E-state index in [0.29, 0.717) is 18.0 Å². The molecule has 2 rings (SSSR count). The molecule has 1 heterocycles. The first-order chi connectivity index (χ1) is 11.4. The lowest BCUT2D eigenvalue weighted by Gasteiger charge is -2.29. The van der Waals surface area contributed by atoms with Crippen LogP contribution in [0.2, 0.25) is 0 Å². The molecule has 1 aromatic rings. The van der Waals surface area contributed by atoms with Gasteiger partial charge in [0, 0.05) is 6.54 Å². The van der Waals surface area contributed by atoms with Crippen LogP contribution in [0.3, 0.4) is 0 Å². The summed E-state index contributed by atoms with van der Waals surface area (Å²) in [5, 5.41) is 12.6. The molecule has 1 fully saturated rings. The van der Waals surface area contributed by atoms with E-state index in [1.54, 1.807) is 12.0 Å². The summed E-state index contributed by atoms with van der Waals surface area (Å²) in [6.07, 6.45) is 3.98. The number of hydrogen-bond acceptors (Lipinski definition) is 3. The molecule has 1 aliphatic heterocycles. The summed E-state index contributed by atoms with van der Waals surface area (Å²) in [5.74, 6) is 0.645. The smallest absolute Gasteiger partial charge is 0.322 e. The Morgan fingerprint density at radius 1 is 1.33 bits per heavy atom. The zero-order chi connectivity index (χ0) is 17.7. The molecule has 0 saturated carbocycles. The molecular weight excluding hydrogens is 304 g/mol. The summed E-state index contributed by atoms with van der Waals surface area (Å²) in [6, 6.07) is 5.62. The topological polar surface area (TPSA) is 61.8 Å². The monoisotopic (exact) mass is 334 g/mol. The first kappa shape index (κ1) is 18.6. The minimum atomic E-state index is -0.166. The van der Waals surface area contributed by atoms with E-state index in [9.17, 15) is 9.90 Å². The maximum Gasteiger partial charge on any atom is 0.322 e. The highest BCUT2D eigenvalue weighted by Gasteiger charge is 2.26. The summed E-state index contributed by atoms with van der Waals surface area (Å²) in [4.78, 5) is 14.5. The molecule has 2 N–H and O–H groups in total. The quantitative estimate of drug-likeness (QED) is 0.885. The number of anilines is 1. The van der Waals surface area contributed by atoms with E-state index in [4.69, 9.17) is 4.74 Å². The number of methoxy groups -OCH3 is 1. The number of aliphatic hydroxyl groups is 1. The lowest BCUT2D eigenvalue weighted by Crippen LogP contribution is -2.44. The first-order valence-corrected chi connectivity index (χ1v) is 8.74. The number of nitrogens with zero attached hydrogens (tertiary/aromatic N) is 1. The number of aliphatic hydroxyl groups excluding tert-OH is 1. The van der Waals surface area contributed by atoms with Gasteiger partial charge in [-0.2, -0.15) is 0 Å². The van der Waals surface area contributed by atoms with Crippen molar-refractivity contribution in [2.45, 2.75) is 57.9 Å². The van der Waals surface area contributed by atoms with Crippen molar-refractivity contribution in [3.05, 3.63) is 23.8 Å². The van der Waals surface area contributed by atoms with E-state index in [0.717, 1.165) is 31.2 Å². The Kier molecular flexibility index (Phi) is 6.10. The van der Waals surface area contributed by atoms with Crippen molar-refractivity contribution in [3.63, 3.8) is 0 Å². The highest BCUT2D eigenvalue weighted by molar-refractivity contribution is 5.91. The van der Waals surface area contributed by atoms with Gasteiger partial charge >= 0.3 is 6.03 Å². The van der Waals surface area contributed by atoms with E-state index < -0.39 is 0 Å². The molecule has 2 amide bonds. The molecule has 0 spiro atoms. The fraction of sp³-hybridized carbons (Fsp3) is 0.632. The van der Waals surface area contributed by atoms with Crippen LogP contribution in [-0.2, 0) is 5.41 Å². The lowest BCUT2D eigenvalue weighted by atomic mass is 9.87. The van der Waals surface area contributed by atoms with Crippen LogP contribution in [0.1, 0.15) is 52.0 Å². The third-order valence-corrected chi connectivity index (χ3v) is 4.66. The van der Waals surface area contributed by atoms with Crippen LogP contribution in [0.25, 0.3) is 0 Å². The number of rotatable bonds is 3. The summed E-state index contributed by atoms with van der Waals surface area (Å²) >= 11 is 0. The van der Waals surface area contributed by atoms with Gasteiger partial charge in [-0.05, 0) is 36.0 Å². The second-order valence-corrected chi connectivity index (χ2v) is 7.47. The number of ether oxygens (including phenoxy) is 1. The molecule has 24 heavy (non-hydrogen) atoms. The van der Waals surface area contributed by atoms with Crippen molar-refractivity contribution in [1.82, 2.24) is 4.90 Å². The summed E-state index contributed by atoms with van der Waals surface area (Å²) in [6.45, 7) is 7.09. The van der Waals surface area contributed by atoms with Crippen molar-refractivity contribution >= 4 is 11.7 Å². The molecular formula is C19H30N2O3. The van der Waals surface area contributed by atoms with Gasteiger partial charge in [-0.15, -0.1) is 0 Å². The minimum Gasteiger partial charge on any atom is -0.495 e. The van der Waals surface area contributed by atoms with Crippen molar-refractivity contribution in [3.8, 4) is 5.75 Å². The van der Waals surface area contributed by atoms with E-state index in [2.05, 4.69) is 26.1 Å². The van der Waals surface area contributed by atoms with Crippen LogP contribution in [0.5, 0.6) is 5.75 Å². The van der Waals surface area contributed by atoms with Gasteiger partial charge in [-0.1, -0.05) is 39.7 Å². The van der Waals surface area contributed by atoms with Gasteiger partial charge in [0.25, 0.3) is 0 Å². The molecule has 0 radical (unpaired) electrons. The normalized spacial score (nSPS) is 18.9. The summed E-state index contributed by atoms with van der Waals surface area (Å²) in [5.41, 5.74) is 1.80. The zero-order valence-corrected chi connectivity index (χ0v) is 15.3. The average Bonchev–Trinajstić information content (AvgIpc) is 2.79. The molecule has 1 unspecified atom stereocenters. The Labute approximate surface area is 145 Å². The number of likely N-dealkylation sites (tertiary alicyclic amines) is 1. The predicted octanol–water partition coefficient (Wildman–Crippen LogP) is 3.76. The third-order valence-electron chi connectivity index (χ3n) is 4.66. The largest absolute Gasteiger partial charge is 0.495 e. The SMILES string of the molecule is COc1ccc(C(C)(C)C)cc1NC(=O)N1CCCCCC1CO. The fourth-order valence-electron chi connectivity index (χ4n) is 3.09. The standard InChI is InChI=1S/C19H30N2O3/c1-19(2,3)14-9-10-17(24-4)16(12-14)20-18(23)21-11-7-5-6-8-15(21)13-22/h9-10,12,15,22H,5-8,11,13H2,1-4H3,(H,20,23). The van der Waals surface area contributed by atoms with Crippen LogP contribution >= 0.6 is 0 Å². The molecule has 1 aromatic carbocycles. The Hall–Kier alpha value is -1.75. The van der Waals surface area contributed by atoms with Gasteiger partial charge in [-0.25, -0.2) is 4.79 Å². The number of benzene rings is 1. The van der Waals surface area contributed by atoms with Crippen LogP contribution < -0.4 is 10.1 Å². The maximum atomic E-state index is 12.8. The maximum absolute atomic E-state index is 12.8. The first-order valence-electron chi connectivity index (χ1n) is 8.74. The predicted molar refractivity (Wildman–Crippen MR) is 96.8 cm³/mol. The van der Waals surface area contributed by atoms with E-state index in [-0.39, 0.29) is 24.1 Å². The summed E-state index contributed by atoms with van der Waals surface area (Å²) in [7, 11) is 1.60. The van der Waals surface area contributed by atoms with Gasteiger partial charge in [-0.3, -0.25) is 0 Å². The third kappa shape index (κ3) is 4.41.